The van der Waals surface area contributed by atoms with E-state index in [1.54, 1.807) is 6.08 Å². The van der Waals surface area contributed by atoms with E-state index in [2.05, 4.69) is 32.6 Å². The van der Waals surface area contributed by atoms with E-state index in [1.807, 2.05) is 20.8 Å². The summed E-state index contributed by atoms with van der Waals surface area (Å²) >= 11 is 0. The fourth-order valence-corrected chi connectivity index (χ4v) is 1.84. The molecule has 0 unspecified atom stereocenters. The van der Waals surface area contributed by atoms with Crippen LogP contribution in [-0.4, -0.2) is 25.1 Å². The van der Waals surface area contributed by atoms with Crippen LogP contribution in [0.1, 0.15) is 34.1 Å². The van der Waals surface area contributed by atoms with Crippen molar-refractivity contribution < 1.29 is 9.90 Å². The maximum Gasteiger partial charge on any atom is 0.141 e. The quantitative estimate of drug-likeness (QED) is 0.602. The third-order valence-electron chi connectivity index (χ3n) is 3.22. The highest BCUT2D eigenvalue weighted by molar-refractivity contribution is 6.77. The van der Waals surface area contributed by atoms with Gasteiger partial charge in [-0.3, -0.25) is 4.79 Å². The van der Waals surface area contributed by atoms with E-state index in [1.165, 1.54) is 0 Å². The molecule has 0 fully saturated rings. The Balaban J connectivity index is 4.33. The van der Waals surface area contributed by atoms with Gasteiger partial charge in [0.05, 0.1) is 14.2 Å². The molecule has 0 aromatic rings. The maximum absolute atomic E-state index is 11.7. The second-order valence-corrected chi connectivity index (χ2v) is 12.6. The highest BCUT2D eigenvalue weighted by atomic mass is 28.3. The fourth-order valence-electron chi connectivity index (χ4n) is 1.15. The minimum Gasteiger partial charge on any atom is -0.389 e. The van der Waals surface area contributed by atoms with Crippen molar-refractivity contribution in [1.29, 1.82) is 0 Å². The van der Waals surface area contributed by atoms with Crippen LogP contribution in [0.3, 0.4) is 0 Å². The minimum atomic E-state index is -1.19. The van der Waals surface area contributed by atoms with E-state index in [4.69, 9.17) is 0 Å². The first-order chi connectivity index (χ1) is 7.44. The van der Waals surface area contributed by atoms with E-state index >= 15 is 0 Å². The zero-order valence-electron chi connectivity index (χ0n) is 12.4. The average molecular weight is 256 g/mol. The minimum absolute atomic E-state index is 0.107. The molecule has 0 aliphatic rings. The third-order valence-corrected chi connectivity index (χ3v) is 6.14. The van der Waals surface area contributed by atoms with Crippen LogP contribution < -0.4 is 0 Å². The van der Waals surface area contributed by atoms with E-state index in [0.29, 0.717) is 5.54 Å². The molecule has 100 valence electrons. The van der Waals surface area contributed by atoms with Gasteiger partial charge in [0.25, 0.3) is 0 Å². The number of rotatable bonds is 5. The summed E-state index contributed by atoms with van der Waals surface area (Å²) in [4.78, 5) is 11.7. The molecule has 0 saturated heterocycles. The van der Waals surface area contributed by atoms with Gasteiger partial charge in [-0.25, -0.2) is 0 Å². The lowest BCUT2D eigenvalue weighted by Gasteiger charge is -2.22. The molecule has 0 aromatic carbocycles. The highest BCUT2D eigenvalue weighted by Crippen LogP contribution is 2.23. The molecule has 3 heteroatoms. The largest absolute Gasteiger partial charge is 0.389 e. The van der Waals surface area contributed by atoms with Crippen LogP contribution >= 0.6 is 0 Å². The molecule has 0 aliphatic heterocycles. The molecule has 0 saturated carbocycles. The Labute approximate surface area is 107 Å². The first-order valence-corrected chi connectivity index (χ1v) is 9.92. The lowest BCUT2D eigenvalue weighted by molar-refractivity contribution is -0.127. The molecule has 0 radical (unpaired) electrons. The molecular weight excluding hydrogens is 228 g/mol. The molecule has 0 heterocycles. The third kappa shape index (κ3) is 6.79. The molecule has 17 heavy (non-hydrogen) atoms. The number of hydrogen-bond acceptors (Lipinski definition) is 2. The van der Waals surface area contributed by atoms with Gasteiger partial charge in [-0.2, -0.15) is 0 Å². The van der Waals surface area contributed by atoms with Gasteiger partial charge in [0.2, 0.25) is 0 Å². The molecular formula is C14H28O2Si. The first-order valence-electron chi connectivity index (χ1n) is 6.34. The molecule has 0 bridgehead atoms. The smallest absolute Gasteiger partial charge is 0.141 e. The summed E-state index contributed by atoms with van der Waals surface area (Å²) in [7, 11) is -1.19. The maximum atomic E-state index is 11.7. The SMILES string of the molecule is C[C@@H](/C=C\[C@@H](O)CC(=O)C(C)(C)C)[Si](C)(C)C. The second kappa shape index (κ2) is 5.96. The predicted octanol–water partition coefficient (Wildman–Crippen LogP) is 3.64. The molecule has 0 aliphatic carbocycles. The summed E-state index contributed by atoms with van der Waals surface area (Å²) in [6.07, 6.45) is 3.43. The van der Waals surface area contributed by atoms with Crippen molar-refractivity contribution in [3.63, 3.8) is 0 Å². The van der Waals surface area contributed by atoms with Gasteiger partial charge >= 0.3 is 0 Å². The van der Waals surface area contributed by atoms with Crippen LogP contribution in [0.2, 0.25) is 25.2 Å². The van der Waals surface area contributed by atoms with Crippen LogP contribution in [0.25, 0.3) is 0 Å². The summed E-state index contributed by atoms with van der Waals surface area (Å²) in [6, 6.07) is 0. The van der Waals surface area contributed by atoms with Crippen molar-refractivity contribution >= 4 is 13.9 Å². The standard InChI is InChI=1S/C14H28O2Si/c1-11(17(5,6)7)8-9-12(15)10-13(16)14(2,3)4/h8-9,11-12,15H,10H2,1-7H3/b9-8-/t11-,12+/m0/s1. The lowest BCUT2D eigenvalue weighted by Crippen LogP contribution is -2.26. The van der Waals surface area contributed by atoms with Crippen molar-refractivity contribution in [2.45, 2.75) is 65.4 Å². The Bertz CT molecular complexity index is 282. The Morgan fingerprint density at radius 1 is 1.24 bits per heavy atom. The lowest BCUT2D eigenvalue weighted by atomic mass is 9.87. The van der Waals surface area contributed by atoms with Gasteiger partial charge in [-0.1, -0.05) is 59.5 Å². The topological polar surface area (TPSA) is 37.3 Å². The molecule has 0 spiro atoms. The average Bonchev–Trinajstić information content (AvgIpc) is 2.10. The second-order valence-electron chi connectivity index (χ2n) is 6.98. The Kier molecular flexibility index (Phi) is 5.82. The van der Waals surface area contributed by atoms with Gasteiger partial charge in [0.15, 0.2) is 0 Å². The van der Waals surface area contributed by atoms with E-state index in [0.717, 1.165) is 0 Å². The number of Topliss-reactive ketones (excluding diaryl/α,β-unsaturated/α-hetero) is 1. The monoisotopic (exact) mass is 256 g/mol. The Morgan fingerprint density at radius 3 is 2.06 bits per heavy atom. The molecule has 2 atom stereocenters. The number of carbonyl (C=O) groups excluding carboxylic acids is 1. The van der Waals surface area contributed by atoms with Gasteiger partial charge < -0.3 is 5.11 Å². The molecule has 2 nitrogen and oxygen atoms in total. The van der Waals surface area contributed by atoms with Crippen molar-refractivity contribution in [3.8, 4) is 0 Å². The first kappa shape index (κ1) is 16.6. The normalized spacial score (nSPS) is 17.2. The van der Waals surface area contributed by atoms with Crippen molar-refractivity contribution in [3.05, 3.63) is 12.2 Å². The van der Waals surface area contributed by atoms with E-state index in [-0.39, 0.29) is 17.6 Å². The Morgan fingerprint density at radius 2 is 1.71 bits per heavy atom. The zero-order chi connectivity index (χ0) is 13.9. The van der Waals surface area contributed by atoms with Crippen LogP contribution in [0.5, 0.6) is 0 Å². The van der Waals surface area contributed by atoms with E-state index < -0.39 is 14.2 Å². The van der Waals surface area contributed by atoms with Crippen molar-refractivity contribution in [2.24, 2.45) is 5.41 Å². The van der Waals surface area contributed by atoms with Gasteiger partial charge in [0, 0.05) is 11.8 Å². The molecule has 0 rings (SSSR count). The number of aliphatic hydroxyl groups is 1. The van der Waals surface area contributed by atoms with E-state index in [9.17, 15) is 9.90 Å². The number of hydrogen-bond donors (Lipinski definition) is 1. The number of aliphatic hydroxyl groups excluding tert-OH is 1. The summed E-state index contributed by atoms with van der Waals surface area (Å²) in [5.41, 5.74) is 0.154. The summed E-state index contributed by atoms with van der Waals surface area (Å²) in [5.74, 6) is 0.107. The summed E-state index contributed by atoms with van der Waals surface area (Å²) < 4.78 is 0. The molecule has 1 N–H and O–H groups in total. The number of carbonyl (C=O) groups is 1. The van der Waals surface area contributed by atoms with Gasteiger partial charge in [-0.15, -0.1) is 0 Å². The molecule has 0 amide bonds. The van der Waals surface area contributed by atoms with Crippen molar-refractivity contribution in [2.75, 3.05) is 0 Å². The van der Waals surface area contributed by atoms with Gasteiger partial charge in [-0.05, 0) is 5.54 Å². The number of ketones is 1. The zero-order valence-corrected chi connectivity index (χ0v) is 13.4. The van der Waals surface area contributed by atoms with Gasteiger partial charge in [0.1, 0.15) is 5.78 Å². The van der Waals surface area contributed by atoms with Crippen LogP contribution in [-0.2, 0) is 4.79 Å². The van der Waals surface area contributed by atoms with Crippen LogP contribution in [0.4, 0.5) is 0 Å². The highest BCUT2D eigenvalue weighted by Gasteiger charge is 2.23. The Hall–Kier alpha value is -0.413. The van der Waals surface area contributed by atoms with Crippen LogP contribution in [0.15, 0.2) is 12.2 Å². The fraction of sp³-hybridized carbons (Fsp3) is 0.786. The summed E-state index contributed by atoms with van der Waals surface area (Å²) in [5, 5.41) is 9.81. The predicted molar refractivity (Wildman–Crippen MR) is 77.0 cm³/mol. The number of allylic oxidation sites excluding steroid dienone is 1. The summed E-state index contributed by atoms with van der Waals surface area (Å²) in [6.45, 7) is 14.7. The molecule has 0 aromatic heterocycles. The van der Waals surface area contributed by atoms with Crippen LogP contribution in [0, 0.1) is 5.41 Å². The van der Waals surface area contributed by atoms with Crippen molar-refractivity contribution in [1.82, 2.24) is 0 Å².